The first-order valence-electron chi connectivity index (χ1n) is 5.82. The third-order valence-electron chi connectivity index (χ3n) is 2.49. The van der Waals surface area contributed by atoms with Crippen molar-refractivity contribution in [3.8, 4) is 12.3 Å². The maximum atomic E-state index is 5.96. The number of nitrogens with zero attached hydrogens (tertiary/aromatic N) is 3. The van der Waals surface area contributed by atoms with E-state index in [4.69, 9.17) is 18.0 Å². The molecule has 0 aromatic carbocycles. The second-order valence-electron chi connectivity index (χ2n) is 3.99. The van der Waals surface area contributed by atoms with Gasteiger partial charge in [-0.2, -0.15) is 0 Å². The van der Waals surface area contributed by atoms with Gasteiger partial charge in [-0.1, -0.05) is 17.5 Å². The molecule has 0 radical (unpaired) electrons. The summed E-state index contributed by atoms with van der Waals surface area (Å²) in [7, 11) is 3.94. The molecule has 1 aromatic heterocycles. The van der Waals surface area contributed by atoms with Crippen LogP contribution in [-0.4, -0.2) is 35.6 Å². The van der Waals surface area contributed by atoms with Crippen molar-refractivity contribution in [2.75, 3.05) is 20.1 Å². The van der Waals surface area contributed by atoms with Crippen LogP contribution >= 0.6 is 35.6 Å². The van der Waals surface area contributed by atoms with Crippen molar-refractivity contribution >= 4 is 41.5 Å². The minimum absolute atomic E-state index is 0. The van der Waals surface area contributed by atoms with E-state index >= 15 is 0 Å². The van der Waals surface area contributed by atoms with E-state index in [0.29, 0.717) is 6.54 Å². The summed E-state index contributed by atoms with van der Waals surface area (Å²) >= 11 is 5.96. The normalized spacial score (nSPS) is 10.6. The zero-order valence-corrected chi connectivity index (χ0v) is 14.6. The van der Waals surface area contributed by atoms with Crippen LogP contribution in [0.5, 0.6) is 0 Å². The van der Waals surface area contributed by atoms with Crippen molar-refractivity contribution in [2.45, 2.75) is 13.5 Å². The van der Waals surface area contributed by atoms with Crippen LogP contribution in [0, 0.1) is 12.3 Å². The van der Waals surface area contributed by atoms with Gasteiger partial charge in [0, 0.05) is 32.5 Å². The third-order valence-corrected chi connectivity index (χ3v) is 2.70. The van der Waals surface area contributed by atoms with Crippen LogP contribution < -0.4 is 5.32 Å². The number of aryl methyl sites for hydroxylation is 1. The van der Waals surface area contributed by atoms with E-state index in [1.807, 2.05) is 42.7 Å². The number of rotatable bonds is 4. The average molecular weight is 395 g/mol. The van der Waals surface area contributed by atoms with E-state index in [1.54, 1.807) is 0 Å². The number of halogens is 2. The monoisotopic (exact) mass is 394 g/mol. The number of aromatic nitrogens is 1. The van der Waals surface area contributed by atoms with Crippen LogP contribution in [0.25, 0.3) is 0 Å². The van der Waals surface area contributed by atoms with Crippen LogP contribution in [0.2, 0.25) is 5.02 Å². The molecular formula is C13H20ClIN4. The smallest absolute Gasteiger partial charge is 0.194 e. The lowest BCUT2D eigenvalue weighted by Crippen LogP contribution is -2.38. The molecule has 19 heavy (non-hydrogen) atoms. The van der Waals surface area contributed by atoms with Gasteiger partial charge in [0.2, 0.25) is 0 Å². The maximum absolute atomic E-state index is 5.96. The number of hydrogen-bond acceptors (Lipinski definition) is 1. The second kappa shape index (κ2) is 9.10. The molecule has 0 saturated heterocycles. The predicted molar refractivity (Wildman–Crippen MR) is 92.1 cm³/mol. The van der Waals surface area contributed by atoms with Crippen molar-refractivity contribution in [3.05, 3.63) is 23.0 Å². The molecular weight excluding hydrogens is 375 g/mol. The molecule has 0 unspecified atom stereocenters. The lowest BCUT2D eigenvalue weighted by molar-refractivity contribution is 0.463. The largest absolute Gasteiger partial charge is 0.356 e. The maximum Gasteiger partial charge on any atom is 0.194 e. The quantitative estimate of drug-likeness (QED) is 0.368. The van der Waals surface area contributed by atoms with Crippen molar-refractivity contribution in [2.24, 2.45) is 12.0 Å². The number of terminal acetylenes is 1. The molecule has 0 bridgehead atoms. The highest BCUT2D eigenvalue weighted by Gasteiger charge is 2.09. The summed E-state index contributed by atoms with van der Waals surface area (Å²) in [5, 5.41) is 3.94. The average Bonchev–Trinajstić information content (AvgIpc) is 2.63. The predicted octanol–water partition coefficient (Wildman–Crippen LogP) is 2.33. The Labute approximate surface area is 137 Å². The van der Waals surface area contributed by atoms with Crippen molar-refractivity contribution in [1.82, 2.24) is 14.8 Å². The Kier molecular flexibility index (Phi) is 8.68. The van der Waals surface area contributed by atoms with Gasteiger partial charge >= 0.3 is 0 Å². The summed E-state index contributed by atoms with van der Waals surface area (Å²) in [6.07, 6.45) is 7.11. The van der Waals surface area contributed by atoms with Gasteiger partial charge < -0.3 is 14.8 Å². The minimum Gasteiger partial charge on any atom is -0.356 e. The molecule has 0 aliphatic carbocycles. The highest BCUT2D eigenvalue weighted by atomic mass is 127. The summed E-state index contributed by atoms with van der Waals surface area (Å²) < 4.78 is 2.00. The van der Waals surface area contributed by atoms with Crippen LogP contribution in [0.3, 0.4) is 0 Å². The summed E-state index contributed by atoms with van der Waals surface area (Å²) in [4.78, 5) is 6.34. The lowest BCUT2D eigenvalue weighted by atomic mass is 10.4. The molecule has 0 aliphatic rings. The Balaban J connectivity index is 0.00000324. The number of aliphatic imine (C=N–C) groups is 1. The van der Waals surface area contributed by atoms with Gasteiger partial charge in [-0.05, 0) is 13.0 Å². The second-order valence-corrected chi connectivity index (χ2v) is 4.43. The molecule has 1 aromatic rings. The highest BCUT2D eigenvalue weighted by molar-refractivity contribution is 14.0. The zero-order chi connectivity index (χ0) is 13.5. The lowest BCUT2D eigenvalue weighted by Gasteiger charge is -2.22. The fraction of sp³-hybridized carbons (Fsp3) is 0.462. The summed E-state index contributed by atoms with van der Waals surface area (Å²) in [5.41, 5.74) is 1.12. The van der Waals surface area contributed by atoms with Gasteiger partial charge in [0.25, 0.3) is 0 Å². The van der Waals surface area contributed by atoms with E-state index in [1.165, 1.54) is 0 Å². The zero-order valence-electron chi connectivity index (χ0n) is 11.5. The van der Waals surface area contributed by atoms with Crippen molar-refractivity contribution < 1.29 is 0 Å². The van der Waals surface area contributed by atoms with E-state index in [2.05, 4.69) is 16.2 Å². The fourth-order valence-corrected chi connectivity index (χ4v) is 1.90. The Hall–Kier alpha value is -0.870. The first-order valence-corrected chi connectivity index (χ1v) is 6.20. The summed E-state index contributed by atoms with van der Waals surface area (Å²) in [6, 6.07) is 1.95. The van der Waals surface area contributed by atoms with E-state index in [-0.39, 0.29) is 24.0 Å². The molecule has 0 spiro atoms. The molecule has 106 valence electrons. The van der Waals surface area contributed by atoms with Gasteiger partial charge in [0.05, 0.1) is 11.6 Å². The van der Waals surface area contributed by atoms with Gasteiger partial charge in [-0.25, -0.2) is 4.99 Å². The van der Waals surface area contributed by atoms with Crippen LogP contribution in [0.15, 0.2) is 17.3 Å². The van der Waals surface area contributed by atoms with Crippen LogP contribution in [-0.2, 0) is 13.6 Å². The van der Waals surface area contributed by atoms with E-state index in [9.17, 15) is 0 Å². The molecule has 6 heteroatoms. The number of nitrogens with one attached hydrogen (secondary N) is 1. The third kappa shape index (κ3) is 5.74. The Bertz CT molecular complexity index is 462. The van der Waals surface area contributed by atoms with Gasteiger partial charge in [-0.3, -0.25) is 0 Å². The molecule has 0 fully saturated rings. The van der Waals surface area contributed by atoms with Gasteiger partial charge in [-0.15, -0.1) is 30.4 Å². The molecule has 1 rings (SSSR count). The van der Waals surface area contributed by atoms with Gasteiger partial charge in [0.1, 0.15) is 6.54 Å². The topological polar surface area (TPSA) is 32.6 Å². The van der Waals surface area contributed by atoms with E-state index in [0.717, 1.165) is 29.8 Å². The summed E-state index contributed by atoms with van der Waals surface area (Å²) in [5.74, 6) is 3.31. The molecule has 0 amide bonds. The molecule has 4 nitrogen and oxygen atoms in total. The summed E-state index contributed by atoms with van der Waals surface area (Å²) in [6.45, 7) is 3.93. The molecule has 1 heterocycles. The molecule has 0 saturated carbocycles. The molecule has 1 N–H and O–H groups in total. The number of guanidine groups is 1. The fourth-order valence-electron chi connectivity index (χ4n) is 1.63. The van der Waals surface area contributed by atoms with Gasteiger partial charge in [0.15, 0.2) is 5.96 Å². The molecule has 0 aliphatic heterocycles. The Morgan fingerprint density at radius 2 is 2.32 bits per heavy atom. The number of hydrogen-bond donors (Lipinski definition) is 1. The standard InChI is InChI=1S/C13H19ClN4.HI/c1-5-7-16-13(15-6-2)18(4)10-12-8-11(14)9-17(12)3;/h1,8-9H,6-7,10H2,2-4H3,(H,15,16);1H. The Morgan fingerprint density at radius 3 is 2.79 bits per heavy atom. The first-order chi connectivity index (χ1) is 8.58. The van der Waals surface area contributed by atoms with Crippen LogP contribution in [0.4, 0.5) is 0 Å². The first kappa shape index (κ1) is 18.1. The highest BCUT2D eigenvalue weighted by Crippen LogP contribution is 2.14. The minimum atomic E-state index is 0. The Morgan fingerprint density at radius 1 is 1.63 bits per heavy atom. The molecule has 0 atom stereocenters. The van der Waals surface area contributed by atoms with Crippen molar-refractivity contribution in [3.63, 3.8) is 0 Å². The van der Waals surface area contributed by atoms with E-state index < -0.39 is 0 Å². The van der Waals surface area contributed by atoms with Crippen molar-refractivity contribution in [1.29, 1.82) is 0 Å². The van der Waals surface area contributed by atoms with Crippen LogP contribution in [0.1, 0.15) is 12.6 Å². The SMILES string of the molecule is C#CCN=C(NCC)N(C)Cc1cc(Cl)cn1C.I.